The summed E-state index contributed by atoms with van der Waals surface area (Å²) in [5.74, 6) is 2.25. The molecule has 0 bridgehead atoms. The van der Waals surface area contributed by atoms with E-state index in [4.69, 9.17) is 9.47 Å². The standard InChI is InChI=1S/C19H22N2O3/c1-23-16-10-6-14(13-17(16)24-2)7-11-19(22)21(15-8-9-15)18-5-3-4-12-20-18/h3-6,10,12-13,15H,7-9,11H2,1-2H3. The zero-order valence-electron chi connectivity index (χ0n) is 14.1. The first-order valence-electron chi connectivity index (χ1n) is 8.17. The number of carbonyl (C=O) groups excluding carboxylic acids is 1. The number of anilines is 1. The molecular weight excluding hydrogens is 304 g/mol. The molecule has 1 heterocycles. The highest BCUT2D eigenvalue weighted by Crippen LogP contribution is 2.32. The van der Waals surface area contributed by atoms with E-state index in [0.29, 0.717) is 30.4 Å². The highest BCUT2D eigenvalue weighted by atomic mass is 16.5. The second-order valence-electron chi connectivity index (χ2n) is 5.87. The molecule has 1 amide bonds. The normalized spacial score (nSPS) is 13.4. The van der Waals surface area contributed by atoms with E-state index in [1.54, 1.807) is 20.4 Å². The minimum atomic E-state index is 0.117. The molecule has 3 rings (SSSR count). The van der Waals surface area contributed by atoms with Gasteiger partial charge < -0.3 is 9.47 Å². The lowest BCUT2D eigenvalue weighted by atomic mass is 10.1. The molecule has 126 valence electrons. The molecular formula is C19H22N2O3. The molecule has 1 aromatic heterocycles. The average molecular weight is 326 g/mol. The van der Waals surface area contributed by atoms with E-state index in [1.807, 2.05) is 41.3 Å². The first-order valence-corrected chi connectivity index (χ1v) is 8.17. The van der Waals surface area contributed by atoms with Crippen LogP contribution in [0.2, 0.25) is 0 Å². The summed E-state index contributed by atoms with van der Waals surface area (Å²) in [4.78, 5) is 18.9. The number of amides is 1. The topological polar surface area (TPSA) is 51.7 Å². The van der Waals surface area contributed by atoms with Gasteiger partial charge in [0.15, 0.2) is 11.5 Å². The van der Waals surface area contributed by atoms with Crippen molar-refractivity contribution in [1.82, 2.24) is 4.98 Å². The molecule has 1 aromatic carbocycles. The van der Waals surface area contributed by atoms with Crippen LogP contribution in [0.15, 0.2) is 42.6 Å². The van der Waals surface area contributed by atoms with Gasteiger partial charge in [0.1, 0.15) is 5.82 Å². The van der Waals surface area contributed by atoms with Gasteiger partial charge in [0.25, 0.3) is 0 Å². The number of pyridine rings is 1. The molecule has 5 nitrogen and oxygen atoms in total. The van der Waals surface area contributed by atoms with Gasteiger partial charge in [0.05, 0.1) is 14.2 Å². The van der Waals surface area contributed by atoms with E-state index in [9.17, 15) is 4.79 Å². The lowest BCUT2D eigenvalue weighted by Crippen LogP contribution is -2.33. The van der Waals surface area contributed by atoms with Crippen LogP contribution < -0.4 is 14.4 Å². The summed E-state index contributed by atoms with van der Waals surface area (Å²) in [6.07, 6.45) is 4.95. The van der Waals surface area contributed by atoms with Gasteiger partial charge in [0, 0.05) is 18.7 Å². The molecule has 0 saturated heterocycles. The number of nitrogens with zero attached hydrogens (tertiary/aromatic N) is 2. The predicted octanol–water partition coefficient (Wildman–Crippen LogP) is 3.23. The van der Waals surface area contributed by atoms with Crippen molar-refractivity contribution >= 4 is 11.7 Å². The number of aryl methyl sites for hydroxylation is 1. The fourth-order valence-corrected chi connectivity index (χ4v) is 2.76. The Bertz CT molecular complexity index is 699. The van der Waals surface area contributed by atoms with Crippen LogP contribution in [0.4, 0.5) is 5.82 Å². The van der Waals surface area contributed by atoms with E-state index >= 15 is 0 Å². The van der Waals surface area contributed by atoms with E-state index in [1.165, 1.54) is 0 Å². The van der Waals surface area contributed by atoms with Crippen molar-refractivity contribution in [2.24, 2.45) is 0 Å². The second-order valence-corrected chi connectivity index (χ2v) is 5.87. The fraction of sp³-hybridized carbons (Fsp3) is 0.368. The van der Waals surface area contributed by atoms with Gasteiger partial charge >= 0.3 is 0 Å². The van der Waals surface area contributed by atoms with Gasteiger partial charge in [-0.25, -0.2) is 4.98 Å². The van der Waals surface area contributed by atoms with Crippen LogP contribution in [-0.4, -0.2) is 31.2 Å². The van der Waals surface area contributed by atoms with Crippen molar-refractivity contribution in [2.75, 3.05) is 19.1 Å². The Balaban J connectivity index is 1.68. The van der Waals surface area contributed by atoms with Crippen LogP contribution >= 0.6 is 0 Å². The van der Waals surface area contributed by atoms with Crippen molar-refractivity contribution in [3.05, 3.63) is 48.2 Å². The number of methoxy groups -OCH3 is 2. The zero-order chi connectivity index (χ0) is 16.9. The second kappa shape index (κ2) is 7.34. The van der Waals surface area contributed by atoms with Crippen molar-refractivity contribution < 1.29 is 14.3 Å². The molecule has 0 N–H and O–H groups in total. The van der Waals surface area contributed by atoms with Gasteiger partial charge in [-0.2, -0.15) is 0 Å². The Morgan fingerprint density at radius 1 is 1.17 bits per heavy atom. The van der Waals surface area contributed by atoms with Crippen LogP contribution in [0.1, 0.15) is 24.8 Å². The summed E-state index contributed by atoms with van der Waals surface area (Å²) in [5.41, 5.74) is 1.05. The summed E-state index contributed by atoms with van der Waals surface area (Å²) in [7, 11) is 3.23. The summed E-state index contributed by atoms with van der Waals surface area (Å²) in [6.45, 7) is 0. The first-order chi connectivity index (χ1) is 11.7. The number of rotatable bonds is 7. The fourth-order valence-electron chi connectivity index (χ4n) is 2.76. The molecule has 1 aliphatic rings. The summed E-state index contributed by atoms with van der Waals surface area (Å²) < 4.78 is 10.6. The Hall–Kier alpha value is -2.56. The molecule has 1 fully saturated rings. The number of hydrogen-bond acceptors (Lipinski definition) is 4. The summed E-state index contributed by atoms with van der Waals surface area (Å²) >= 11 is 0. The van der Waals surface area contributed by atoms with Crippen molar-refractivity contribution in [3.63, 3.8) is 0 Å². The molecule has 1 aliphatic carbocycles. The summed E-state index contributed by atoms with van der Waals surface area (Å²) in [6, 6.07) is 11.7. The minimum absolute atomic E-state index is 0.117. The van der Waals surface area contributed by atoms with Crippen molar-refractivity contribution in [2.45, 2.75) is 31.7 Å². The van der Waals surface area contributed by atoms with Gasteiger partial charge in [-0.3, -0.25) is 9.69 Å². The molecule has 2 aromatic rings. The van der Waals surface area contributed by atoms with Gasteiger partial charge in [-0.15, -0.1) is 0 Å². The van der Waals surface area contributed by atoms with Gasteiger partial charge in [-0.1, -0.05) is 12.1 Å². The molecule has 24 heavy (non-hydrogen) atoms. The Labute approximate surface area is 142 Å². The lowest BCUT2D eigenvalue weighted by Gasteiger charge is -2.21. The average Bonchev–Trinajstić information content (AvgIpc) is 3.45. The summed E-state index contributed by atoms with van der Waals surface area (Å²) in [5, 5.41) is 0. The van der Waals surface area contributed by atoms with E-state index < -0.39 is 0 Å². The van der Waals surface area contributed by atoms with E-state index in [-0.39, 0.29) is 5.91 Å². The Kier molecular flexibility index (Phi) is 4.99. The third-order valence-electron chi connectivity index (χ3n) is 4.15. The third kappa shape index (κ3) is 3.67. The van der Waals surface area contributed by atoms with Gasteiger partial charge in [-0.05, 0) is 49.1 Å². The lowest BCUT2D eigenvalue weighted by molar-refractivity contribution is -0.118. The number of benzene rings is 1. The van der Waals surface area contributed by atoms with Crippen molar-refractivity contribution in [3.8, 4) is 11.5 Å². The molecule has 5 heteroatoms. The Morgan fingerprint density at radius 2 is 1.96 bits per heavy atom. The highest BCUT2D eigenvalue weighted by Gasteiger charge is 2.34. The molecule has 0 atom stereocenters. The zero-order valence-corrected chi connectivity index (χ0v) is 14.1. The smallest absolute Gasteiger partial charge is 0.228 e. The molecule has 1 saturated carbocycles. The maximum absolute atomic E-state index is 12.7. The maximum atomic E-state index is 12.7. The number of hydrogen-bond donors (Lipinski definition) is 0. The van der Waals surface area contributed by atoms with Crippen LogP contribution in [-0.2, 0) is 11.2 Å². The minimum Gasteiger partial charge on any atom is -0.493 e. The maximum Gasteiger partial charge on any atom is 0.228 e. The number of aromatic nitrogens is 1. The molecule has 0 unspecified atom stereocenters. The van der Waals surface area contributed by atoms with Crippen LogP contribution in [0.25, 0.3) is 0 Å². The predicted molar refractivity (Wildman–Crippen MR) is 92.6 cm³/mol. The third-order valence-corrected chi connectivity index (χ3v) is 4.15. The number of ether oxygens (including phenoxy) is 2. The van der Waals surface area contributed by atoms with Crippen LogP contribution in [0, 0.1) is 0 Å². The monoisotopic (exact) mass is 326 g/mol. The number of carbonyl (C=O) groups is 1. The quantitative estimate of drug-likeness (QED) is 0.784. The molecule has 0 radical (unpaired) electrons. The SMILES string of the molecule is COc1ccc(CCC(=O)N(c2ccccn2)C2CC2)cc1OC. The van der Waals surface area contributed by atoms with Crippen molar-refractivity contribution in [1.29, 1.82) is 0 Å². The van der Waals surface area contributed by atoms with E-state index in [2.05, 4.69) is 4.98 Å². The van der Waals surface area contributed by atoms with Gasteiger partial charge in [0.2, 0.25) is 5.91 Å². The Morgan fingerprint density at radius 3 is 2.58 bits per heavy atom. The first kappa shape index (κ1) is 16.3. The molecule has 0 aliphatic heterocycles. The van der Waals surface area contributed by atoms with Crippen LogP contribution in [0.3, 0.4) is 0 Å². The highest BCUT2D eigenvalue weighted by molar-refractivity contribution is 5.93. The van der Waals surface area contributed by atoms with E-state index in [0.717, 1.165) is 24.2 Å². The largest absolute Gasteiger partial charge is 0.493 e. The van der Waals surface area contributed by atoms with Crippen LogP contribution in [0.5, 0.6) is 11.5 Å². The molecule has 0 spiro atoms.